The number of rotatable bonds is 5. The average molecular weight is 206 g/mol. The van der Waals surface area contributed by atoms with Crippen LogP contribution in [0.3, 0.4) is 0 Å². The first kappa shape index (κ1) is 13.6. The van der Waals surface area contributed by atoms with Crippen molar-refractivity contribution in [3.05, 3.63) is 61.2 Å². The second kappa shape index (κ2) is 10.7. The monoisotopic (exact) mass is 206 g/mol. The van der Waals surface area contributed by atoms with Gasteiger partial charge in [-0.3, -0.25) is 0 Å². The zero-order valence-electron chi connectivity index (χ0n) is 8.93. The SMILES string of the molecule is C=CCOCC=C.OCc1ccccc1. The molecule has 1 N–H and O–H groups in total. The largest absolute Gasteiger partial charge is 0.392 e. The molecule has 82 valence electrons. The van der Waals surface area contributed by atoms with E-state index in [4.69, 9.17) is 9.84 Å². The van der Waals surface area contributed by atoms with Crippen molar-refractivity contribution in [2.75, 3.05) is 13.2 Å². The van der Waals surface area contributed by atoms with Gasteiger partial charge in [0.1, 0.15) is 0 Å². The normalized spacial score (nSPS) is 8.60. The van der Waals surface area contributed by atoms with Gasteiger partial charge in [-0.25, -0.2) is 0 Å². The lowest BCUT2D eigenvalue weighted by atomic mass is 10.2. The van der Waals surface area contributed by atoms with Crippen molar-refractivity contribution in [3.63, 3.8) is 0 Å². The van der Waals surface area contributed by atoms with Crippen molar-refractivity contribution < 1.29 is 9.84 Å². The molecule has 0 bridgehead atoms. The highest BCUT2D eigenvalue weighted by molar-refractivity contribution is 5.12. The Hall–Kier alpha value is -1.38. The van der Waals surface area contributed by atoms with Gasteiger partial charge in [0.2, 0.25) is 0 Å². The molecule has 0 radical (unpaired) electrons. The molecule has 0 heterocycles. The maximum atomic E-state index is 8.54. The van der Waals surface area contributed by atoms with Crippen molar-refractivity contribution in [1.82, 2.24) is 0 Å². The molecule has 0 fully saturated rings. The van der Waals surface area contributed by atoms with Crippen molar-refractivity contribution in [3.8, 4) is 0 Å². The second-order valence-electron chi connectivity index (χ2n) is 2.76. The first-order valence-corrected chi connectivity index (χ1v) is 4.79. The lowest BCUT2D eigenvalue weighted by Gasteiger charge is -1.89. The lowest BCUT2D eigenvalue weighted by Crippen LogP contribution is -1.87. The van der Waals surface area contributed by atoms with Gasteiger partial charge in [-0.05, 0) is 5.56 Å². The van der Waals surface area contributed by atoms with Crippen LogP contribution in [0.5, 0.6) is 0 Å². The molecule has 0 saturated carbocycles. The number of hydrogen-bond acceptors (Lipinski definition) is 2. The van der Waals surface area contributed by atoms with Crippen LogP contribution in [0.4, 0.5) is 0 Å². The molecule has 1 aromatic rings. The maximum absolute atomic E-state index is 8.54. The average Bonchev–Trinajstić information content (AvgIpc) is 2.32. The minimum Gasteiger partial charge on any atom is -0.392 e. The van der Waals surface area contributed by atoms with Gasteiger partial charge >= 0.3 is 0 Å². The summed E-state index contributed by atoms with van der Waals surface area (Å²) in [7, 11) is 0. The highest BCUT2D eigenvalue weighted by atomic mass is 16.5. The van der Waals surface area contributed by atoms with Gasteiger partial charge in [-0.15, -0.1) is 13.2 Å². The van der Waals surface area contributed by atoms with Crippen LogP contribution >= 0.6 is 0 Å². The van der Waals surface area contributed by atoms with Gasteiger partial charge in [0, 0.05) is 0 Å². The summed E-state index contributed by atoms with van der Waals surface area (Å²) in [5.41, 5.74) is 0.965. The molecule has 0 saturated heterocycles. The maximum Gasteiger partial charge on any atom is 0.0681 e. The molecule has 0 aliphatic heterocycles. The Bertz CT molecular complexity index is 246. The Labute approximate surface area is 91.5 Å². The van der Waals surface area contributed by atoms with Crippen LogP contribution in [0.2, 0.25) is 0 Å². The Balaban J connectivity index is 0.000000265. The first-order chi connectivity index (χ1) is 7.35. The molecule has 0 spiro atoms. The Morgan fingerprint density at radius 3 is 1.93 bits per heavy atom. The van der Waals surface area contributed by atoms with Crippen molar-refractivity contribution >= 4 is 0 Å². The van der Waals surface area contributed by atoms with E-state index in [1.54, 1.807) is 12.2 Å². The van der Waals surface area contributed by atoms with Gasteiger partial charge in [0.15, 0.2) is 0 Å². The van der Waals surface area contributed by atoms with E-state index in [0.717, 1.165) is 5.56 Å². The van der Waals surface area contributed by atoms with Gasteiger partial charge < -0.3 is 9.84 Å². The summed E-state index contributed by atoms with van der Waals surface area (Å²) in [6.45, 7) is 8.32. The molecule has 2 heteroatoms. The van der Waals surface area contributed by atoms with E-state index >= 15 is 0 Å². The number of aliphatic hydroxyl groups is 1. The summed E-state index contributed by atoms with van der Waals surface area (Å²) >= 11 is 0. The fourth-order valence-electron chi connectivity index (χ4n) is 0.818. The van der Waals surface area contributed by atoms with Crippen LogP contribution < -0.4 is 0 Å². The van der Waals surface area contributed by atoms with Crippen LogP contribution in [0, 0.1) is 0 Å². The number of hydrogen-bond donors (Lipinski definition) is 1. The molecule has 15 heavy (non-hydrogen) atoms. The Morgan fingerprint density at radius 1 is 1.07 bits per heavy atom. The highest BCUT2D eigenvalue weighted by Crippen LogP contribution is 1.95. The van der Waals surface area contributed by atoms with Crippen LogP contribution in [-0.2, 0) is 11.3 Å². The van der Waals surface area contributed by atoms with E-state index in [0.29, 0.717) is 13.2 Å². The molecular weight excluding hydrogens is 188 g/mol. The minimum absolute atomic E-state index is 0.140. The van der Waals surface area contributed by atoms with Crippen LogP contribution in [-0.4, -0.2) is 18.3 Å². The Morgan fingerprint density at radius 2 is 1.60 bits per heavy atom. The molecule has 1 rings (SSSR count). The summed E-state index contributed by atoms with van der Waals surface area (Å²) < 4.78 is 4.90. The molecule has 0 amide bonds. The summed E-state index contributed by atoms with van der Waals surface area (Å²) in [6.07, 6.45) is 3.42. The van der Waals surface area contributed by atoms with Gasteiger partial charge in [0.25, 0.3) is 0 Å². The predicted octanol–water partition coefficient (Wildman–Crippen LogP) is 2.55. The summed E-state index contributed by atoms with van der Waals surface area (Å²) in [6, 6.07) is 9.52. The molecule has 1 aromatic carbocycles. The van der Waals surface area contributed by atoms with E-state index < -0.39 is 0 Å². The van der Waals surface area contributed by atoms with Crippen LogP contribution in [0.25, 0.3) is 0 Å². The molecule has 0 unspecified atom stereocenters. The van der Waals surface area contributed by atoms with E-state index in [1.807, 2.05) is 30.3 Å². The number of benzene rings is 1. The minimum atomic E-state index is 0.140. The molecule has 0 aromatic heterocycles. The van der Waals surface area contributed by atoms with E-state index in [-0.39, 0.29) is 6.61 Å². The van der Waals surface area contributed by atoms with Gasteiger partial charge in [0.05, 0.1) is 19.8 Å². The van der Waals surface area contributed by atoms with Crippen molar-refractivity contribution in [2.24, 2.45) is 0 Å². The van der Waals surface area contributed by atoms with E-state index in [9.17, 15) is 0 Å². The lowest BCUT2D eigenvalue weighted by molar-refractivity contribution is 0.194. The zero-order valence-corrected chi connectivity index (χ0v) is 8.93. The second-order valence-corrected chi connectivity index (χ2v) is 2.76. The first-order valence-electron chi connectivity index (χ1n) is 4.79. The smallest absolute Gasteiger partial charge is 0.0681 e. The van der Waals surface area contributed by atoms with Crippen molar-refractivity contribution in [2.45, 2.75) is 6.61 Å². The molecule has 2 nitrogen and oxygen atoms in total. The zero-order chi connectivity index (χ0) is 11.4. The number of aliphatic hydroxyl groups excluding tert-OH is 1. The number of ether oxygens (including phenoxy) is 1. The predicted molar refractivity (Wildman–Crippen MR) is 63.6 cm³/mol. The summed E-state index contributed by atoms with van der Waals surface area (Å²) in [5.74, 6) is 0. The van der Waals surface area contributed by atoms with Gasteiger partial charge in [-0.2, -0.15) is 0 Å². The van der Waals surface area contributed by atoms with Gasteiger partial charge in [-0.1, -0.05) is 42.5 Å². The third-order valence-corrected chi connectivity index (χ3v) is 1.50. The molecular formula is C13H18O2. The quantitative estimate of drug-likeness (QED) is 0.592. The third-order valence-electron chi connectivity index (χ3n) is 1.50. The van der Waals surface area contributed by atoms with E-state index in [2.05, 4.69) is 13.2 Å². The van der Waals surface area contributed by atoms with Crippen LogP contribution in [0.1, 0.15) is 5.56 Å². The summed E-state index contributed by atoms with van der Waals surface area (Å²) in [4.78, 5) is 0. The fourth-order valence-corrected chi connectivity index (χ4v) is 0.818. The topological polar surface area (TPSA) is 29.5 Å². The molecule has 0 aliphatic rings. The molecule has 0 atom stereocenters. The van der Waals surface area contributed by atoms with E-state index in [1.165, 1.54) is 0 Å². The highest BCUT2D eigenvalue weighted by Gasteiger charge is 1.81. The third kappa shape index (κ3) is 8.94. The van der Waals surface area contributed by atoms with Crippen LogP contribution in [0.15, 0.2) is 55.6 Å². The fraction of sp³-hybridized carbons (Fsp3) is 0.231. The van der Waals surface area contributed by atoms with Crippen molar-refractivity contribution in [1.29, 1.82) is 0 Å². The molecule has 0 aliphatic carbocycles. The summed E-state index contributed by atoms with van der Waals surface area (Å²) in [5, 5.41) is 8.54. The standard InChI is InChI=1S/C7H8O.C6H10O/c8-6-7-4-2-1-3-5-7;1-3-5-7-6-4-2/h1-5,8H,6H2;3-4H,1-2,5-6H2. The Kier molecular flexibility index (Phi) is 9.71.